The number of anilines is 1. The number of para-hydroxylation sites is 1. The van der Waals surface area contributed by atoms with Crippen LogP contribution in [0.25, 0.3) is 5.57 Å². The van der Waals surface area contributed by atoms with E-state index in [4.69, 9.17) is 0 Å². The SMILES string of the molecule is C/C(CC(O)c1ccccc1C)=C1/C(=O)N(Cc2ccccc2)c2ccccc21. The van der Waals surface area contributed by atoms with Gasteiger partial charge in [0.05, 0.1) is 18.3 Å². The minimum Gasteiger partial charge on any atom is -0.388 e. The van der Waals surface area contributed by atoms with Crippen molar-refractivity contribution in [2.24, 2.45) is 0 Å². The molecule has 1 N–H and O–H groups in total. The van der Waals surface area contributed by atoms with Crippen LogP contribution in [0.3, 0.4) is 0 Å². The maximum atomic E-state index is 13.4. The van der Waals surface area contributed by atoms with Crippen molar-refractivity contribution < 1.29 is 9.90 Å². The fraction of sp³-hybridized carbons (Fsp3) is 0.192. The molecule has 3 aromatic carbocycles. The van der Waals surface area contributed by atoms with Crippen molar-refractivity contribution in [3.8, 4) is 0 Å². The van der Waals surface area contributed by atoms with Crippen LogP contribution >= 0.6 is 0 Å². The fourth-order valence-electron chi connectivity index (χ4n) is 4.08. The van der Waals surface area contributed by atoms with E-state index in [0.29, 0.717) is 18.5 Å². The van der Waals surface area contributed by atoms with Crippen LogP contribution in [0.1, 0.15) is 41.7 Å². The first-order chi connectivity index (χ1) is 14.1. The molecular formula is C26H25NO2. The highest BCUT2D eigenvalue weighted by Gasteiger charge is 2.33. The number of carbonyl (C=O) groups excluding carboxylic acids is 1. The molecule has 1 aliphatic heterocycles. The number of aryl methyl sites for hydroxylation is 1. The summed E-state index contributed by atoms with van der Waals surface area (Å²) in [5.74, 6) is 0.00420. The van der Waals surface area contributed by atoms with Crippen molar-refractivity contribution >= 4 is 17.2 Å². The van der Waals surface area contributed by atoms with Crippen LogP contribution in [-0.2, 0) is 11.3 Å². The summed E-state index contributed by atoms with van der Waals surface area (Å²) in [5.41, 5.74) is 6.56. The van der Waals surface area contributed by atoms with Gasteiger partial charge in [-0.1, -0.05) is 78.4 Å². The summed E-state index contributed by atoms with van der Waals surface area (Å²) < 4.78 is 0. The Kier molecular flexibility index (Phi) is 5.32. The lowest BCUT2D eigenvalue weighted by atomic mass is 9.94. The number of fused-ring (bicyclic) bond motifs is 1. The minimum absolute atomic E-state index is 0.00420. The van der Waals surface area contributed by atoms with Gasteiger partial charge in [-0.05, 0) is 43.0 Å². The molecule has 3 nitrogen and oxygen atoms in total. The number of aliphatic hydroxyl groups is 1. The van der Waals surface area contributed by atoms with E-state index >= 15 is 0 Å². The van der Waals surface area contributed by atoms with Crippen molar-refractivity contribution in [2.75, 3.05) is 4.90 Å². The first-order valence-corrected chi connectivity index (χ1v) is 9.95. The van der Waals surface area contributed by atoms with Gasteiger partial charge in [-0.15, -0.1) is 0 Å². The molecule has 3 aromatic rings. The molecule has 1 heterocycles. The molecule has 0 bridgehead atoms. The highest BCUT2D eigenvalue weighted by molar-refractivity contribution is 6.33. The summed E-state index contributed by atoms with van der Waals surface area (Å²) >= 11 is 0. The highest BCUT2D eigenvalue weighted by Crippen LogP contribution is 2.40. The summed E-state index contributed by atoms with van der Waals surface area (Å²) in [6, 6.07) is 25.8. The molecule has 4 rings (SSSR count). The maximum Gasteiger partial charge on any atom is 0.259 e. The van der Waals surface area contributed by atoms with Crippen LogP contribution in [0.2, 0.25) is 0 Å². The van der Waals surface area contributed by atoms with Gasteiger partial charge in [-0.2, -0.15) is 0 Å². The molecule has 1 unspecified atom stereocenters. The van der Waals surface area contributed by atoms with E-state index in [1.807, 2.05) is 97.6 Å². The predicted molar refractivity (Wildman–Crippen MR) is 117 cm³/mol. The Morgan fingerprint density at radius 1 is 0.931 bits per heavy atom. The number of nitrogens with zero attached hydrogens (tertiary/aromatic N) is 1. The first kappa shape index (κ1) is 19.2. The number of aliphatic hydroxyl groups excluding tert-OH is 1. The molecule has 146 valence electrons. The van der Waals surface area contributed by atoms with Gasteiger partial charge >= 0.3 is 0 Å². The van der Waals surface area contributed by atoms with Crippen LogP contribution in [0.4, 0.5) is 5.69 Å². The third-order valence-electron chi connectivity index (χ3n) is 5.58. The number of benzene rings is 3. The third kappa shape index (κ3) is 3.74. The van der Waals surface area contributed by atoms with E-state index in [-0.39, 0.29) is 5.91 Å². The molecule has 1 amide bonds. The predicted octanol–water partition coefficient (Wildman–Crippen LogP) is 5.44. The zero-order valence-electron chi connectivity index (χ0n) is 16.8. The third-order valence-corrected chi connectivity index (χ3v) is 5.58. The van der Waals surface area contributed by atoms with Crippen LogP contribution in [0.15, 0.2) is 84.4 Å². The minimum atomic E-state index is -0.633. The second-order valence-corrected chi connectivity index (χ2v) is 7.63. The van der Waals surface area contributed by atoms with Crippen molar-refractivity contribution in [3.05, 3.63) is 107 Å². The normalized spacial score (nSPS) is 16.0. The standard InChI is InChI=1S/C26H25NO2/c1-18-10-6-7-13-21(18)24(28)16-19(2)25-22-14-8-9-15-23(22)27(26(25)29)17-20-11-4-3-5-12-20/h3-15,24,28H,16-17H2,1-2H3/b25-19-. The molecule has 3 heteroatoms. The highest BCUT2D eigenvalue weighted by atomic mass is 16.3. The van der Waals surface area contributed by atoms with Gasteiger partial charge in [0.1, 0.15) is 0 Å². The Balaban J connectivity index is 1.68. The Hall–Kier alpha value is -3.17. The van der Waals surface area contributed by atoms with Crippen LogP contribution in [-0.4, -0.2) is 11.0 Å². The molecule has 0 aliphatic carbocycles. The molecule has 0 saturated heterocycles. The summed E-state index contributed by atoms with van der Waals surface area (Å²) in [4.78, 5) is 15.2. The average Bonchev–Trinajstić information content (AvgIpc) is 3.00. The Labute approximate surface area is 171 Å². The molecule has 1 atom stereocenters. The van der Waals surface area contributed by atoms with Crippen molar-refractivity contribution in [3.63, 3.8) is 0 Å². The Bertz CT molecular complexity index is 1070. The molecule has 0 aromatic heterocycles. The molecule has 29 heavy (non-hydrogen) atoms. The fourth-order valence-corrected chi connectivity index (χ4v) is 4.08. The van der Waals surface area contributed by atoms with E-state index in [9.17, 15) is 9.90 Å². The van der Waals surface area contributed by atoms with E-state index < -0.39 is 6.10 Å². The lowest BCUT2D eigenvalue weighted by molar-refractivity contribution is -0.113. The van der Waals surface area contributed by atoms with E-state index in [2.05, 4.69) is 0 Å². The molecule has 0 saturated carbocycles. The van der Waals surface area contributed by atoms with Gasteiger partial charge in [0.25, 0.3) is 5.91 Å². The lowest BCUT2D eigenvalue weighted by Gasteiger charge is -2.18. The van der Waals surface area contributed by atoms with E-state index in [0.717, 1.165) is 33.5 Å². The van der Waals surface area contributed by atoms with E-state index in [1.54, 1.807) is 0 Å². The van der Waals surface area contributed by atoms with Gasteiger partial charge < -0.3 is 10.0 Å². The second-order valence-electron chi connectivity index (χ2n) is 7.63. The smallest absolute Gasteiger partial charge is 0.259 e. The summed E-state index contributed by atoms with van der Waals surface area (Å²) in [5, 5.41) is 10.8. The first-order valence-electron chi connectivity index (χ1n) is 9.95. The molecule has 0 radical (unpaired) electrons. The maximum absolute atomic E-state index is 13.4. The van der Waals surface area contributed by atoms with Crippen LogP contribution in [0.5, 0.6) is 0 Å². The molecule has 0 spiro atoms. The average molecular weight is 383 g/mol. The molecule has 1 aliphatic rings. The Morgan fingerprint density at radius 2 is 1.59 bits per heavy atom. The lowest BCUT2D eigenvalue weighted by Crippen LogP contribution is -2.26. The number of hydrogen-bond donors (Lipinski definition) is 1. The van der Waals surface area contributed by atoms with Crippen LogP contribution in [0, 0.1) is 6.92 Å². The largest absolute Gasteiger partial charge is 0.388 e. The van der Waals surface area contributed by atoms with Gasteiger partial charge in [0.15, 0.2) is 0 Å². The zero-order chi connectivity index (χ0) is 20.4. The van der Waals surface area contributed by atoms with Crippen molar-refractivity contribution in [1.29, 1.82) is 0 Å². The van der Waals surface area contributed by atoms with Crippen molar-refractivity contribution in [2.45, 2.75) is 32.9 Å². The molecular weight excluding hydrogens is 358 g/mol. The number of amides is 1. The summed E-state index contributed by atoms with van der Waals surface area (Å²) in [7, 11) is 0. The van der Waals surface area contributed by atoms with Crippen LogP contribution < -0.4 is 4.90 Å². The van der Waals surface area contributed by atoms with Gasteiger partial charge in [0, 0.05) is 11.1 Å². The topological polar surface area (TPSA) is 40.5 Å². The quantitative estimate of drug-likeness (QED) is 0.596. The Morgan fingerprint density at radius 3 is 2.34 bits per heavy atom. The second kappa shape index (κ2) is 8.06. The van der Waals surface area contributed by atoms with Crippen molar-refractivity contribution in [1.82, 2.24) is 0 Å². The number of hydrogen-bond acceptors (Lipinski definition) is 2. The van der Waals surface area contributed by atoms with E-state index in [1.165, 1.54) is 0 Å². The molecule has 0 fully saturated rings. The summed E-state index contributed by atoms with van der Waals surface area (Å²) in [6.07, 6.45) is -0.203. The van der Waals surface area contributed by atoms with Gasteiger partial charge in [-0.25, -0.2) is 0 Å². The number of carbonyl (C=O) groups is 1. The summed E-state index contributed by atoms with van der Waals surface area (Å²) in [6.45, 7) is 4.49. The zero-order valence-corrected chi connectivity index (χ0v) is 16.8. The van der Waals surface area contributed by atoms with Gasteiger partial charge in [-0.3, -0.25) is 4.79 Å². The monoisotopic (exact) mass is 383 g/mol. The van der Waals surface area contributed by atoms with Gasteiger partial charge in [0.2, 0.25) is 0 Å². The number of rotatable bonds is 5.